The van der Waals surface area contributed by atoms with Gasteiger partial charge in [0.25, 0.3) is 0 Å². The second kappa shape index (κ2) is 7.68. The molecule has 1 aromatic heterocycles. The molecular weight excluding hydrogens is 312 g/mol. The molecule has 0 saturated heterocycles. The van der Waals surface area contributed by atoms with Crippen molar-refractivity contribution in [3.05, 3.63) is 53.7 Å². The summed E-state index contributed by atoms with van der Waals surface area (Å²) < 4.78 is 5.36. The number of rotatable bonds is 5. The van der Waals surface area contributed by atoms with Crippen molar-refractivity contribution < 1.29 is 9.53 Å². The Bertz CT molecular complexity index is 719. The zero-order chi connectivity index (χ0) is 17.7. The Morgan fingerprint density at radius 2 is 2.00 bits per heavy atom. The molecule has 0 atom stereocenters. The maximum Gasteiger partial charge on any atom is 0.235 e. The van der Waals surface area contributed by atoms with Crippen LogP contribution >= 0.6 is 0 Å². The molecule has 1 N–H and O–H groups in total. The van der Waals surface area contributed by atoms with Gasteiger partial charge in [0, 0.05) is 6.07 Å². The van der Waals surface area contributed by atoms with Crippen molar-refractivity contribution in [2.24, 2.45) is 0 Å². The van der Waals surface area contributed by atoms with Gasteiger partial charge in [0.1, 0.15) is 0 Å². The van der Waals surface area contributed by atoms with Crippen molar-refractivity contribution in [3.8, 4) is 5.88 Å². The third kappa shape index (κ3) is 3.84. The van der Waals surface area contributed by atoms with Gasteiger partial charge in [-0.1, -0.05) is 49.1 Å². The SMILES string of the molecule is CCOc1ccc(NC(=O)C2(c3cccc(C)c3)CCCCC2)cn1. The predicted octanol–water partition coefficient (Wildman–Crippen LogP) is 4.63. The Labute approximate surface area is 149 Å². The monoisotopic (exact) mass is 338 g/mol. The zero-order valence-corrected chi connectivity index (χ0v) is 15.0. The van der Waals surface area contributed by atoms with Gasteiger partial charge in [-0.05, 0) is 38.3 Å². The van der Waals surface area contributed by atoms with E-state index in [2.05, 4.69) is 35.4 Å². The fourth-order valence-electron chi connectivity index (χ4n) is 3.68. The number of hydrogen-bond acceptors (Lipinski definition) is 3. The van der Waals surface area contributed by atoms with Gasteiger partial charge in [-0.15, -0.1) is 0 Å². The highest BCUT2D eigenvalue weighted by Gasteiger charge is 2.41. The maximum atomic E-state index is 13.2. The van der Waals surface area contributed by atoms with Gasteiger partial charge in [-0.3, -0.25) is 4.79 Å². The Morgan fingerprint density at radius 1 is 1.20 bits per heavy atom. The number of nitrogens with one attached hydrogen (secondary N) is 1. The molecule has 1 amide bonds. The molecule has 132 valence electrons. The van der Waals surface area contributed by atoms with Crippen LogP contribution in [-0.4, -0.2) is 17.5 Å². The minimum atomic E-state index is -0.442. The molecule has 1 fully saturated rings. The molecular formula is C21H26N2O2. The van der Waals surface area contributed by atoms with E-state index >= 15 is 0 Å². The highest BCUT2D eigenvalue weighted by molar-refractivity contribution is 5.99. The Kier molecular flexibility index (Phi) is 5.37. The number of ether oxygens (including phenoxy) is 1. The molecule has 0 unspecified atom stereocenters. The van der Waals surface area contributed by atoms with Gasteiger partial charge in [0.15, 0.2) is 0 Å². The van der Waals surface area contributed by atoms with Gasteiger partial charge >= 0.3 is 0 Å². The van der Waals surface area contributed by atoms with Gasteiger partial charge in [0.2, 0.25) is 11.8 Å². The van der Waals surface area contributed by atoms with E-state index in [-0.39, 0.29) is 5.91 Å². The normalized spacial score (nSPS) is 16.2. The van der Waals surface area contributed by atoms with Crippen molar-refractivity contribution in [1.82, 2.24) is 4.98 Å². The summed E-state index contributed by atoms with van der Waals surface area (Å²) in [6.45, 7) is 4.58. The molecule has 4 nitrogen and oxygen atoms in total. The second-order valence-electron chi connectivity index (χ2n) is 6.78. The summed E-state index contributed by atoms with van der Waals surface area (Å²) in [5.41, 5.74) is 2.59. The van der Waals surface area contributed by atoms with Crippen molar-refractivity contribution in [3.63, 3.8) is 0 Å². The smallest absolute Gasteiger partial charge is 0.235 e. The van der Waals surface area contributed by atoms with Gasteiger partial charge < -0.3 is 10.1 Å². The van der Waals surface area contributed by atoms with Crippen LogP contribution in [-0.2, 0) is 10.2 Å². The summed E-state index contributed by atoms with van der Waals surface area (Å²) in [5, 5.41) is 3.08. The topological polar surface area (TPSA) is 51.2 Å². The van der Waals surface area contributed by atoms with Gasteiger partial charge in [-0.25, -0.2) is 4.98 Å². The molecule has 2 aromatic rings. The van der Waals surface area contributed by atoms with E-state index in [4.69, 9.17) is 4.74 Å². The summed E-state index contributed by atoms with van der Waals surface area (Å²) in [5.74, 6) is 0.648. The lowest BCUT2D eigenvalue weighted by molar-refractivity contribution is -0.122. The van der Waals surface area contributed by atoms with Crippen LogP contribution in [0.2, 0.25) is 0 Å². The molecule has 0 spiro atoms. The molecule has 1 heterocycles. The second-order valence-corrected chi connectivity index (χ2v) is 6.78. The average molecular weight is 338 g/mol. The zero-order valence-electron chi connectivity index (χ0n) is 15.0. The quantitative estimate of drug-likeness (QED) is 0.865. The highest BCUT2D eigenvalue weighted by atomic mass is 16.5. The number of nitrogens with zero attached hydrogens (tertiary/aromatic N) is 1. The van der Waals surface area contributed by atoms with E-state index in [1.807, 2.05) is 19.1 Å². The fraction of sp³-hybridized carbons (Fsp3) is 0.429. The highest BCUT2D eigenvalue weighted by Crippen LogP contribution is 2.40. The van der Waals surface area contributed by atoms with Crippen molar-refractivity contribution in [2.45, 2.75) is 51.4 Å². The Hall–Kier alpha value is -2.36. The molecule has 4 heteroatoms. The molecule has 1 aromatic carbocycles. The number of carbonyl (C=O) groups is 1. The standard InChI is InChI=1S/C21H26N2O2/c1-3-25-19-11-10-18(15-22-19)23-20(24)21(12-5-4-6-13-21)17-9-7-8-16(2)14-17/h7-11,14-15H,3-6,12-13H2,1-2H3,(H,23,24). The molecule has 1 saturated carbocycles. The summed E-state index contributed by atoms with van der Waals surface area (Å²) >= 11 is 0. The summed E-state index contributed by atoms with van der Waals surface area (Å²) in [4.78, 5) is 17.5. The van der Waals surface area contributed by atoms with Crippen molar-refractivity contribution in [2.75, 3.05) is 11.9 Å². The molecule has 0 aliphatic heterocycles. The fourth-order valence-corrected chi connectivity index (χ4v) is 3.68. The van der Waals surface area contributed by atoms with Crippen LogP contribution in [0.15, 0.2) is 42.6 Å². The number of anilines is 1. The minimum Gasteiger partial charge on any atom is -0.478 e. The molecule has 1 aliphatic rings. The van der Waals surface area contributed by atoms with E-state index < -0.39 is 5.41 Å². The number of amides is 1. The lowest BCUT2D eigenvalue weighted by Crippen LogP contribution is -2.42. The number of aromatic nitrogens is 1. The predicted molar refractivity (Wildman–Crippen MR) is 100.0 cm³/mol. The number of pyridine rings is 1. The van der Waals surface area contributed by atoms with Gasteiger partial charge in [-0.2, -0.15) is 0 Å². The first-order chi connectivity index (χ1) is 12.1. The van der Waals surface area contributed by atoms with Crippen LogP contribution in [0.1, 0.15) is 50.2 Å². The number of benzene rings is 1. The first-order valence-electron chi connectivity index (χ1n) is 9.11. The van der Waals surface area contributed by atoms with Crippen LogP contribution in [0.5, 0.6) is 5.88 Å². The molecule has 25 heavy (non-hydrogen) atoms. The largest absolute Gasteiger partial charge is 0.478 e. The van der Waals surface area contributed by atoms with E-state index in [1.54, 1.807) is 12.3 Å². The Morgan fingerprint density at radius 3 is 2.64 bits per heavy atom. The summed E-state index contributed by atoms with van der Waals surface area (Å²) in [6, 6.07) is 12.0. The molecule has 3 rings (SSSR count). The van der Waals surface area contributed by atoms with Crippen molar-refractivity contribution in [1.29, 1.82) is 0 Å². The maximum absolute atomic E-state index is 13.2. The molecule has 1 aliphatic carbocycles. The van der Waals surface area contributed by atoms with E-state index in [0.29, 0.717) is 18.2 Å². The third-order valence-electron chi connectivity index (χ3n) is 5.00. The van der Waals surface area contributed by atoms with Crippen LogP contribution < -0.4 is 10.1 Å². The summed E-state index contributed by atoms with van der Waals surface area (Å²) in [7, 11) is 0. The van der Waals surface area contributed by atoms with E-state index in [1.165, 1.54) is 12.0 Å². The first-order valence-corrected chi connectivity index (χ1v) is 9.11. The first kappa shape index (κ1) is 17.5. The van der Waals surface area contributed by atoms with E-state index in [0.717, 1.165) is 31.2 Å². The Balaban J connectivity index is 1.84. The lowest BCUT2D eigenvalue weighted by atomic mass is 9.68. The third-order valence-corrected chi connectivity index (χ3v) is 5.00. The van der Waals surface area contributed by atoms with Crippen LogP contribution in [0.4, 0.5) is 5.69 Å². The van der Waals surface area contributed by atoms with Crippen LogP contribution in [0.25, 0.3) is 0 Å². The minimum absolute atomic E-state index is 0.0729. The van der Waals surface area contributed by atoms with Crippen LogP contribution in [0, 0.1) is 6.92 Å². The van der Waals surface area contributed by atoms with E-state index in [9.17, 15) is 4.79 Å². The molecule has 0 bridgehead atoms. The van der Waals surface area contributed by atoms with Crippen LogP contribution in [0.3, 0.4) is 0 Å². The number of carbonyl (C=O) groups excluding carboxylic acids is 1. The average Bonchev–Trinajstić information content (AvgIpc) is 2.64. The van der Waals surface area contributed by atoms with Gasteiger partial charge in [0.05, 0.1) is 23.9 Å². The number of hydrogen-bond donors (Lipinski definition) is 1. The molecule has 0 radical (unpaired) electrons. The van der Waals surface area contributed by atoms with Crippen molar-refractivity contribution >= 4 is 11.6 Å². The number of aryl methyl sites for hydroxylation is 1. The lowest BCUT2D eigenvalue weighted by Gasteiger charge is -2.36. The summed E-state index contributed by atoms with van der Waals surface area (Å²) in [6.07, 6.45) is 6.83.